The fourth-order valence-corrected chi connectivity index (χ4v) is 4.60. The third-order valence-corrected chi connectivity index (χ3v) is 6.18. The Labute approximate surface area is 167 Å². The second-order valence-corrected chi connectivity index (χ2v) is 8.19. The quantitative estimate of drug-likeness (QED) is 0.653. The monoisotopic (exact) mass is 397 g/mol. The van der Waals surface area contributed by atoms with E-state index in [1.54, 1.807) is 11.3 Å². The van der Waals surface area contributed by atoms with Gasteiger partial charge in [-0.3, -0.25) is 20.4 Å². The standard InChI is InChI=1S/C21H23N3O3S/c25-19(11-12-20-22-15-8-5-6-9-16(15)27-20)23-24-21(26)18-13-14-7-3-1-2-4-10-17(14)28-18/h5-6,8-9,13H,1-4,7,10-12H2,(H,23,25)(H,24,26). The van der Waals surface area contributed by atoms with Crippen LogP contribution >= 0.6 is 11.3 Å². The van der Waals surface area contributed by atoms with Gasteiger partial charge in [-0.25, -0.2) is 4.98 Å². The predicted molar refractivity (Wildman–Crippen MR) is 108 cm³/mol. The molecule has 0 unspecified atom stereocenters. The van der Waals surface area contributed by atoms with E-state index in [4.69, 9.17) is 4.42 Å². The zero-order valence-electron chi connectivity index (χ0n) is 15.6. The summed E-state index contributed by atoms with van der Waals surface area (Å²) < 4.78 is 5.60. The van der Waals surface area contributed by atoms with Crippen LogP contribution < -0.4 is 10.9 Å². The highest BCUT2D eigenvalue weighted by Gasteiger charge is 2.16. The summed E-state index contributed by atoms with van der Waals surface area (Å²) in [5, 5.41) is 0. The van der Waals surface area contributed by atoms with Crippen LogP contribution in [-0.2, 0) is 24.1 Å². The van der Waals surface area contributed by atoms with E-state index in [2.05, 4.69) is 15.8 Å². The highest BCUT2D eigenvalue weighted by Crippen LogP contribution is 2.28. The van der Waals surface area contributed by atoms with E-state index < -0.39 is 0 Å². The molecule has 6 nitrogen and oxygen atoms in total. The zero-order valence-corrected chi connectivity index (χ0v) is 16.4. The number of hydrogen-bond donors (Lipinski definition) is 2. The number of hydrogen-bond acceptors (Lipinski definition) is 5. The van der Waals surface area contributed by atoms with Crippen LogP contribution in [0.5, 0.6) is 0 Å². The second kappa shape index (κ2) is 8.56. The van der Waals surface area contributed by atoms with Gasteiger partial charge in [0.05, 0.1) is 4.88 Å². The van der Waals surface area contributed by atoms with Gasteiger partial charge in [-0.05, 0) is 49.4 Å². The Hall–Kier alpha value is -2.67. The smallest absolute Gasteiger partial charge is 0.279 e. The van der Waals surface area contributed by atoms with Gasteiger partial charge in [0.2, 0.25) is 5.91 Å². The first kappa shape index (κ1) is 18.7. The number of rotatable bonds is 4. The summed E-state index contributed by atoms with van der Waals surface area (Å²) in [6.45, 7) is 0. The summed E-state index contributed by atoms with van der Waals surface area (Å²) in [5.74, 6) is -0.0155. The molecule has 0 atom stereocenters. The predicted octanol–water partition coefficient (Wildman–Crippen LogP) is 3.94. The number of carbonyl (C=O) groups excluding carboxylic acids is 2. The summed E-state index contributed by atoms with van der Waals surface area (Å²) in [4.78, 5) is 30.8. The van der Waals surface area contributed by atoms with Crippen molar-refractivity contribution in [2.45, 2.75) is 51.4 Å². The normalized spacial score (nSPS) is 14.1. The lowest BCUT2D eigenvalue weighted by Gasteiger charge is -2.07. The number of nitrogens with zero attached hydrogens (tertiary/aromatic N) is 1. The molecule has 0 radical (unpaired) electrons. The Morgan fingerprint density at radius 2 is 1.89 bits per heavy atom. The number of carbonyl (C=O) groups is 2. The Morgan fingerprint density at radius 3 is 2.75 bits per heavy atom. The number of benzene rings is 1. The van der Waals surface area contributed by atoms with Gasteiger partial charge in [-0.15, -0.1) is 11.3 Å². The molecule has 0 aliphatic heterocycles. The van der Waals surface area contributed by atoms with Crippen LogP contribution in [0.15, 0.2) is 34.7 Å². The van der Waals surface area contributed by atoms with Crippen molar-refractivity contribution in [3.05, 3.63) is 51.5 Å². The molecule has 7 heteroatoms. The first-order valence-corrected chi connectivity index (χ1v) is 10.6. The Balaban J connectivity index is 1.28. The molecule has 1 aliphatic rings. The van der Waals surface area contributed by atoms with Crippen LogP contribution in [0.3, 0.4) is 0 Å². The number of fused-ring (bicyclic) bond motifs is 2. The van der Waals surface area contributed by atoms with Crippen molar-refractivity contribution < 1.29 is 14.0 Å². The topological polar surface area (TPSA) is 84.2 Å². The van der Waals surface area contributed by atoms with Crippen LogP contribution in [0.2, 0.25) is 0 Å². The van der Waals surface area contributed by atoms with Crippen molar-refractivity contribution in [1.82, 2.24) is 15.8 Å². The first-order valence-electron chi connectivity index (χ1n) is 9.74. The molecule has 4 rings (SSSR count). The summed E-state index contributed by atoms with van der Waals surface area (Å²) in [6, 6.07) is 9.46. The van der Waals surface area contributed by atoms with Gasteiger partial charge < -0.3 is 4.42 Å². The summed E-state index contributed by atoms with van der Waals surface area (Å²) in [6.07, 6.45) is 7.53. The average Bonchev–Trinajstić information content (AvgIpc) is 3.28. The van der Waals surface area contributed by atoms with Gasteiger partial charge in [-0.1, -0.05) is 25.0 Å². The molecule has 2 aromatic heterocycles. The summed E-state index contributed by atoms with van der Waals surface area (Å²) in [5.41, 5.74) is 7.79. The van der Waals surface area contributed by atoms with Crippen molar-refractivity contribution >= 4 is 34.3 Å². The van der Waals surface area contributed by atoms with E-state index in [0.29, 0.717) is 22.8 Å². The van der Waals surface area contributed by atoms with Gasteiger partial charge in [-0.2, -0.15) is 0 Å². The van der Waals surface area contributed by atoms with E-state index in [1.807, 2.05) is 30.3 Å². The summed E-state index contributed by atoms with van der Waals surface area (Å²) in [7, 11) is 0. The van der Waals surface area contributed by atoms with Gasteiger partial charge in [0.1, 0.15) is 5.52 Å². The minimum Gasteiger partial charge on any atom is -0.441 e. The lowest BCUT2D eigenvalue weighted by atomic mass is 10.00. The molecule has 2 heterocycles. The fraction of sp³-hybridized carbons (Fsp3) is 0.381. The molecule has 2 amide bonds. The summed E-state index contributed by atoms with van der Waals surface area (Å²) >= 11 is 1.54. The number of thiophene rings is 1. The number of amides is 2. The number of aromatic nitrogens is 1. The van der Waals surface area contributed by atoms with Crippen LogP contribution in [0.4, 0.5) is 0 Å². The van der Waals surface area contributed by atoms with Crippen LogP contribution in [0.25, 0.3) is 11.1 Å². The van der Waals surface area contributed by atoms with E-state index in [1.165, 1.54) is 36.1 Å². The molecule has 146 valence electrons. The van der Waals surface area contributed by atoms with Crippen molar-refractivity contribution in [3.63, 3.8) is 0 Å². The largest absolute Gasteiger partial charge is 0.441 e. The first-order chi connectivity index (χ1) is 13.7. The molecule has 0 saturated carbocycles. The molecule has 0 spiro atoms. The maximum Gasteiger partial charge on any atom is 0.279 e. The van der Waals surface area contributed by atoms with E-state index in [9.17, 15) is 9.59 Å². The Kier molecular flexibility index (Phi) is 5.71. The van der Waals surface area contributed by atoms with Gasteiger partial charge in [0, 0.05) is 17.7 Å². The number of nitrogens with one attached hydrogen (secondary N) is 2. The van der Waals surface area contributed by atoms with E-state index in [-0.39, 0.29) is 18.2 Å². The lowest BCUT2D eigenvalue weighted by Crippen LogP contribution is -2.41. The van der Waals surface area contributed by atoms with E-state index in [0.717, 1.165) is 18.4 Å². The molecular formula is C21H23N3O3S. The highest BCUT2D eigenvalue weighted by molar-refractivity contribution is 7.14. The molecule has 2 N–H and O–H groups in total. The molecular weight excluding hydrogens is 374 g/mol. The maximum atomic E-state index is 12.4. The minimum absolute atomic E-state index is 0.189. The zero-order chi connectivity index (χ0) is 19.3. The molecule has 0 bridgehead atoms. The maximum absolute atomic E-state index is 12.4. The van der Waals surface area contributed by atoms with Crippen molar-refractivity contribution in [2.75, 3.05) is 0 Å². The van der Waals surface area contributed by atoms with Crippen molar-refractivity contribution in [1.29, 1.82) is 0 Å². The fourth-order valence-electron chi connectivity index (χ4n) is 3.45. The van der Waals surface area contributed by atoms with E-state index >= 15 is 0 Å². The van der Waals surface area contributed by atoms with Crippen LogP contribution in [-0.4, -0.2) is 16.8 Å². The third kappa shape index (κ3) is 4.42. The molecule has 1 aromatic carbocycles. The Bertz CT molecular complexity index is 933. The number of aryl methyl sites for hydroxylation is 3. The number of oxazole rings is 1. The van der Waals surface area contributed by atoms with Crippen molar-refractivity contribution in [3.8, 4) is 0 Å². The SMILES string of the molecule is O=C(CCc1nc2ccccc2o1)NNC(=O)c1cc2c(s1)CCCCCC2. The lowest BCUT2D eigenvalue weighted by molar-refractivity contribution is -0.121. The van der Waals surface area contributed by atoms with Gasteiger partial charge in [0.15, 0.2) is 11.5 Å². The second-order valence-electron chi connectivity index (χ2n) is 7.05. The average molecular weight is 398 g/mol. The van der Waals surface area contributed by atoms with Crippen LogP contribution in [0.1, 0.15) is 58.1 Å². The number of hydrazine groups is 1. The molecule has 28 heavy (non-hydrogen) atoms. The number of para-hydroxylation sites is 2. The van der Waals surface area contributed by atoms with Crippen LogP contribution in [0, 0.1) is 0 Å². The molecule has 0 fully saturated rings. The van der Waals surface area contributed by atoms with Gasteiger partial charge in [0.25, 0.3) is 5.91 Å². The molecule has 1 aliphatic carbocycles. The Morgan fingerprint density at radius 1 is 1.07 bits per heavy atom. The minimum atomic E-state index is -0.273. The highest BCUT2D eigenvalue weighted by atomic mass is 32.1. The molecule has 3 aromatic rings. The van der Waals surface area contributed by atoms with Crippen molar-refractivity contribution in [2.24, 2.45) is 0 Å². The third-order valence-electron chi connectivity index (χ3n) is 4.94. The van der Waals surface area contributed by atoms with Gasteiger partial charge >= 0.3 is 0 Å². The molecule has 0 saturated heterocycles.